The van der Waals surface area contributed by atoms with Crippen LogP contribution in [0.2, 0.25) is 5.02 Å². The molecule has 0 unspecified atom stereocenters. The van der Waals surface area contributed by atoms with Gasteiger partial charge >= 0.3 is 0 Å². The van der Waals surface area contributed by atoms with E-state index in [2.05, 4.69) is 23.3 Å². The lowest BCUT2D eigenvalue weighted by molar-refractivity contribution is 0.254. The average molecular weight is 278 g/mol. The molecular weight excluding hydrogens is 258 g/mol. The Morgan fingerprint density at radius 1 is 1.42 bits per heavy atom. The number of hydrogen-bond acceptors (Lipinski definition) is 3. The van der Waals surface area contributed by atoms with Crippen molar-refractivity contribution in [1.82, 2.24) is 4.90 Å². The van der Waals surface area contributed by atoms with E-state index in [1.807, 2.05) is 6.07 Å². The molecule has 0 radical (unpaired) electrons. The molecule has 0 aliphatic heterocycles. The zero-order chi connectivity index (χ0) is 13.7. The van der Waals surface area contributed by atoms with Crippen molar-refractivity contribution in [2.24, 2.45) is 0 Å². The van der Waals surface area contributed by atoms with Crippen molar-refractivity contribution in [3.8, 4) is 6.07 Å². The van der Waals surface area contributed by atoms with Gasteiger partial charge in [0.25, 0.3) is 0 Å². The van der Waals surface area contributed by atoms with Crippen molar-refractivity contribution in [2.75, 3.05) is 25.5 Å². The van der Waals surface area contributed by atoms with Crippen LogP contribution in [0.5, 0.6) is 0 Å². The number of benzene rings is 1. The van der Waals surface area contributed by atoms with Gasteiger partial charge in [0.05, 0.1) is 11.3 Å². The van der Waals surface area contributed by atoms with Crippen molar-refractivity contribution in [3.05, 3.63) is 28.8 Å². The molecular formula is C15H20ClN3. The lowest BCUT2D eigenvalue weighted by Crippen LogP contribution is -2.33. The van der Waals surface area contributed by atoms with Gasteiger partial charge in [-0.1, -0.05) is 24.4 Å². The minimum absolute atomic E-state index is 0.646. The van der Waals surface area contributed by atoms with Gasteiger partial charge in [0.2, 0.25) is 0 Å². The van der Waals surface area contributed by atoms with E-state index in [0.29, 0.717) is 10.6 Å². The van der Waals surface area contributed by atoms with Crippen LogP contribution in [-0.2, 0) is 0 Å². The van der Waals surface area contributed by atoms with Gasteiger partial charge in [-0.25, -0.2) is 0 Å². The fraction of sp³-hybridized carbons (Fsp3) is 0.533. The first-order valence-corrected chi connectivity index (χ1v) is 7.22. The van der Waals surface area contributed by atoms with Gasteiger partial charge in [-0.05, 0) is 38.1 Å². The minimum Gasteiger partial charge on any atom is -0.383 e. The Hall–Kier alpha value is -1.24. The van der Waals surface area contributed by atoms with E-state index in [1.54, 1.807) is 12.1 Å². The topological polar surface area (TPSA) is 39.1 Å². The van der Waals surface area contributed by atoms with Gasteiger partial charge in [0.1, 0.15) is 6.07 Å². The first-order valence-electron chi connectivity index (χ1n) is 6.84. The van der Waals surface area contributed by atoms with E-state index < -0.39 is 0 Å². The minimum atomic E-state index is 0.646. The van der Waals surface area contributed by atoms with Crippen LogP contribution in [0.25, 0.3) is 0 Å². The van der Waals surface area contributed by atoms with Crippen LogP contribution in [0.1, 0.15) is 31.2 Å². The zero-order valence-corrected chi connectivity index (χ0v) is 12.1. The van der Waals surface area contributed by atoms with Crippen LogP contribution in [0, 0.1) is 11.3 Å². The first-order chi connectivity index (χ1) is 9.20. The summed E-state index contributed by atoms with van der Waals surface area (Å²) in [7, 11) is 2.18. The number of nitrogens with one attached hydrogen (secondary N) is 1. The molecule has 0 amide bonds. The van der Waals surface area contributed by atoms with Crippen LogP contribution in [0.4, 0.5) is 5.69 Å². The van der Waals surface area contributed by atoms with E-state index >= 15 is 0 Å². The van der Waals surface area contributed by atoms with Crippen LogP contribution < -0.4 is 5.32 Å². The van der Waals surface area contributed by atoms with Crippen molar-refractivity contribution >= 4 is 17.3 Å². The average Bonchev–Trinajstić information content (AvgIpc) is 2.93. The van der Waals surface area contributed by atoms with E-state index in [4.69, 9.17) is 16.9 Å². The number of hydrogen-bond donors (Lipinski definition) is 1. The van der Waals surface area contributed by atoms with E-state index in [1.165, 1.54) is 25.7 Å². The second-order valence-corrected chi connectivity index (χ2v) is 5.58. The Bertz CT molecular complexity index is 461. The van der Waals surface area contributed by atoms with Gasteiger partial charge in [-0.2, -0.15) is 5.26 Å². The third-order valence-corrected chi connectivity index (χ3v) is 4.07. The van der Waals surface area contributed by atoms with Crippen molar-refractivity contribution in [2.45, 2.75) is 31.7 Å². The van der Waals surface area contributed by atoms with E-state index in [-0.39, 0.29) is 0 Å². The van der Waals surface area contributed by atoms with Gasteiger partial charge in [0.15, 0.2) is 0 Å². The molecule has 0 spiro atoms. The van der Waals surface area contributed by atoms with Crippen LogP contribution in [-0.4, -0.2) is 31.1 Å². The number of nitrogens with zero attached hydrogens (tertiary/aromatic N) is 2. The molecule has 1 aliphatic rings. The largest absolute Gasteiger partial charge is 0.383 e. The van der Waals surface area contributed by atoms with Gasteiger partial charge in [0, 0.05) is 24.2 Å². The maximum Gasteiger partial charge on any atom is 0.101 e. The SMILES string of the molecule is CN(CCNc1cc(Cl)ccc1C#N)C1CCCC1. The Kier molecular flexibility index (Phi) is 5.07. The predicted octanol–water partition coefficient (Wildman–Crippen LogP) is 3.50. The summed E-state index contributed by atoms with van der Waals surface area (Å²) in [5, 5.41) is 13.0. The summed E-state index contributed by atoms with van der Waals surface area (Å²) in [5.41, 5.74) is 1.47. The molecule has 2 rings (SSSR count). The maximum atomic E-state index is 9.05. The molecule has 1 saturated carbocycles. The number of likely N-dealkylation sites (N-methyl/N-ethyl adjacent to an activating group) is 1. The fourth-order valence-electron chi connectivity index (χ4n) is 2.65. The van der Waals surface area contributed by atoms with E-state index in [0.717, 1.165) is 24.8 Å². The van der Waals surface area contributed by atoms with Crippen molar-refractivity contribution < 1.29 is 0 Å². The highest BCUT2D eigenvalue weighted by atomic mass is 35.5. The second-order valence-electron chi connectivity index (χ2n) is 5.15. The Labute approximate surface area is 120 Å². The molecule has 4 heteroatoms. The summed E-state index contributed by atoms with van der Waals surface area (Å²) in [6.45, 7) is 1.82. The molecule has 0 saturated heterocycles. The smallest absolute Gasteiger partial charge is 0.101 e. The van der Waals surface area contributed by atoms with Crippen LogP contribution in [0.15, 0.2) is 18.2 Å². The molecule has 19 heavy (non-hydrogen) atoms. The lowest BCUT2D eigenvalue weighted by Gasteiger charge is -2.24. The molecule has 0 atom stereocenters. The normalized spacial score (nSPS) is 15.7. The molecule has 1 aliphatic carbocycles. The molecule has 1 aromatic carbocycles. The molecule has 0 aromatic heterocycles. The summed E-state index contributed by atoms with van der Waals surface area (Å²) in [6.07, 6.45) is 5.35. The Morgan fingerprint density at radius 2 is 2.16 bits per heavy atom. The Balaban J connectivity index is 1.85. The van der Waals surface area contributed by atoms with Crippen molar-refractivity contribution in [3.63, 3.8) is 0 Å². The summed E-state index contributed by atoms with van der Waals surface area (Å²) in [4.78, 5) is 2.41. The molecule has 0 bridgehead atoms. The number of anilines is 1. The maximum absolute atomic E-state index is 9.05. The lowest BCUT2D eigenvalue weighted by atomic mass is 10.2. The third kappa shape index (κ3) is 3.86. The molecule has 1 aromatic rings. The summed E-state index contributed by atoms with van der Waals surface area (Å²) < 4.78 is 0. The Morgan fingerprint density at radius 3 is 2.84 bits per heavy atom. The summed E-state index contributed by atoms with van der Waals surface area (Å²) in [6, 6.07) is 8.23. The third-order valence-electron chi connectivity index (χ3n) is 3.83. The van der Waals surface area contributed by atoms with Crippen LogP contribution in [0.3, 0.4) is 0 Å². The fourth-order valence-corrected chi connectivity index (χ4v) is 2.83. The highest BCUT2D eigenvalue weighted by Crippen LogP contribution is 2.23. The number of halogens is 1. The first kappa shape index (κ1) is 14.2. The molecule has 1 N–H and O–H groups in total. The highest BCUT2D eigenvalue weighted by Gasteiger charge is 2.18. The molecule has 0 heterocycles. The van der Waals surface area contributed by atoms with Gasteiger partial charge in [-0.15, -0.1) is 0 Å². The quantitative estimate of drug-likeness (QED) is 0.895. The summed E-state index contributed by atoms with van der Waals surface area (Å²) >= 11 is 5.96. The predicted molar refractivity (Wildman–Crippen MR) is 79.5 cm³/mol. The van der Waals surface area contributed by atoms with Gasteiger partial charge in [-0.3, -0.25) is 0 Å². The highest BCUT2D eigenvalue weighted by molar-refractivity contribution is 6.30. The number of rotatable bonds is 5. The molecule has 102 valence electrons. The summed E-state index contributed by atoms with van der Waals surface area (Å²) in [5.74, 6) is 0. The zero-order valence-electron chi connectivity index (χ0n) is 11.3. The van der Waals surface area contributed by atoms with Crippen LogP contribution >= 0.6 is 11.6 Å². The second kappa shape index (κ2) is 6.79. The molecule has 3 nitrogen and oxygen atoms in total. The monoisotopic (exact) mass is 277 g/mol. The number of nitriles is 1. The van der Waals surface area contributed by atoms with E-state index in [9.17, 15) is 0 Å². The van der Waals surface area contributed by atoms with Gasteiger partial charge < -0.3 is 10.2 Å². The molecule has 1 fully saturated rings. The van der Waals surface area contributed by atoms with Crippen molar-refractivity contribution in [1.29, 1.82) is 5.26 Å². The standard InChI is InChI=1S/C15H20ClN3/c1-19(14-4-2-3-5-14)9-8-18-15-10-13(16)7-6-12(15)11-17/h6-7,10,14,18H,2-5,8-9H2,1H3.